The van der Waals surface area contributed by atoms with Gasteiger partial charge in [0, 0.05) is 0 Å². The van der Waals surface area contributed by atoms with Crippen LogP contribution < -0.4 is 11.5 Å². The molecule has 0 saturated carbocycles. The second-order valence-electron chi connectivity index (χ2n) is 1.93. The Bertz CT molecular complexity index is 155. The summed E-state index contributed by atoms with van der Waals surface area (Å²) in [6, 6.07) is 0. The van der Waals surface area contributed by atoms with Gasteiger partial charge in [-0.15, -0.1) is 0 Å². The average Bonchev–Trinajstić information content (AvgIpc) is 1.87. The van der Waals surface area contributed by atoms with Crippen molar-refractivity contribution in [1.82, 2.24) is 0 Å². The molecule has 0 aromatic heterocycles. The summed E-state index contributed by atoms with van der Waals surface area (Å²) in [7, 11) is 0. The molecule has 0 aliphatic rings. The van der Waals surface area contributed by atoms with Gasteiger partial charge in [0.25, 0.3) is 0 Å². The quantitative estimate of drug-likeness (QED) is 0.450. The lowest BCUT2D eigenvalue weighted by atomic mass is 10.2. The summed E-state index contributed by atoms with van der Waals surface area (Å²) >= 11 is 0. The summed E-state index contributed by atoms with van der Waals surface area (Å²) < 4.78 is 0. The molecular weight excluding hydrogens is 124 g/mol. The Kier molecular flexibility index (Phi) is 4.54. The molecule has 0 radical (unpaired) electrons. The van der Waals surface area contributed by atoms with E-state index in [1.807, 2.05) is 19.1 Å². The molecule has 0 heterocycles. The molecule has 0 aromatic rings. The van der Waals surface area contributed by atoms with Crippen LogP contribution in [-0.4, -0.2) is 6.17 Å². The van der Waals surface area contributed by atoms with E-state index >= 15 is 0 Å². The van der Waals surface area contributed by atoms with Crippen LogP contribution in [0.2, 0.25) is 0 Å². The van der Waals surface area contributed by atoms with Crippen LogP contribution in [0.25, 0.3) is 0 Å². The summed E-state index contributed by atoms with van der Waals surface area (Å²) in [5.74, 6) is 0. The monoisotopic (exact) mass is 138 g/mol. The molecule has 0 aromatic carbocycles. The third kappa shape index (κ3) is 3.22. The predicted molar refractivity (Wildman–Crippen MR) is 45.3 cm³/mol. The minimum absolute atomic E-state index is 0.408. The van der Waals surface area contributed by atoms with Crippen molar-refractivity contribution in [3.63, 3.8) is 0 Å². The first-order valence-corrected chi connectivity index (χ1v) is 3.18. The Morgan fingerprint density at radius 2 is 2.10 bits per heavy atom. The van der Waals surface area contributed by atoms with Gasteiger partial charge in [0.2, 0.25) is 0 Å². The fourth-order valence-electron chi connectivity index (χ4n) is 0.606. The Labute approximate surface area is 61.9 Å². The van der Waals surface area contributed by atoms with E-state index in [0.29, 0.717) is 0 Å². The topological polar surface area (TPSA) is 52.0 Å². The third-order valence-corrected chi connectivity index (χ3v) is 1.05. The van der Waals surface area contributed by atoms with Crippen LogP contribution >= 0.6 is 0 Å². The Morgan fingerprint density at radius 3 is 2.40 bits per heavy atom. The number of rotatable bonds is 3. The summed E-state index contributed by atoms with van der Waals surface area (Å²) in [5, 5.41) is 0. The van der Waals surface area contributed by atoms with Crippen molar-refractivity contribution in [2.75, 3.05) is 0 Å². The van der Waals surface area contributed by atoms with Crippen molar-refractivity contribution in [3.8, 4) is 0 Å². The Morgan fingerprint density at radius 1 is 1.50 bits per heavy atom. The average molecular weight is 138 g/mol. The molecule has 0 fully saturated rings. The van der Waals surface area contributed by atoms with Gasteiger partial charge >= 0.3 is 0 Å². The van der Waals surface area contributed by atoms with Crippen molar-refractivity contribution in [2.24, 2.45) is 11.5 Å². The minimum Gasteiger partial charge on any atom is -0.312 e. The molecule has 0 unspecified atom stereocenters. The number of hydrogen-bond acceptors (Lipinski definition) is 2. The molecule has 0 aliphatic heterocycles. The van der Waals surface area contributed by atoms with E-state index in [-0.39, 0.29) is 0 Å². The zero-order valence-electron chi connectivity index (χ0n) is 6.25. The molecule has 0 bridgehead atoms. The van der Waals surface area contributed by atoms with Gasteiger partial charge < -0.3 is 11.5 Å². The molecule has 4 N–H and O–H groups in total. The SMILES string of the molecule is C=C/C=C(\C=C/C)C(N)N. The maximum absolute atomic E-state index is 5.42. The molecule has 0 amide bonds. The molecule has 0 spiro atoms. The zero-order valence-corrected chi connectivity index (χ0v) is 6.25. The van der Waals surface area contributed by atoms with Gasteiger partial charge in [0.15, 0.2) is 0 Å². The lowest BCUT2D eigenvalue weighted by Gasteiger charge is -2.04. The standard InChI is InChI=1S/C8H14N2/c1-3-5-7(6-4-2)8(9)10/h3-6,8H,1,9-10H2,2H3/b6-4-,7-5+. The molecule has 2 heteroatoms. The van der Waals surface area contributed by atoms with Gasteiger partial charge in [-0.1, -0.05) is 30.9 Å². The van der Waals surface area contributed by atoms with Gasteiger partial charge in [0.1, 0.15) is 0 Å². The fourth-order valence-corrected chi connectivity index (χ4v) is 0.606. The van der Waals surface area contributed by atoms with Crippen molar-refractivity contribution in [2.45, 2.75) is 13.1 Å². The molecular formula is C8H14N2. The summed E-state index contributed by atoms with van der Waals surface area (Å²) in [5.41, 5.74) is 11.7. The Hall–Kier alpha value is -0.860. The van der Waals surface area contributed by atoms with E-state index in [2.05, 4.69) is 6.58 Å². The maximum atomic E-state index is 5.42. The summed E-state index contributed by atoms with van der Waals surface area (Å²) in [6.45, 7) is 5.46. The highest BCUT2D eigenvalue weighted by atomic mass is 14.8. The molecule has 0 saturated heterocycles. The molecule has 2 nitrogen and oxygen atoms in total. The number of hydrogen-bond donors (Lipinski definition) is 2. The first-order valence-electron chi connectivity index (χ1n) is 3.18. The van der Waals surface area contributed by atoms with Crippen LogP contribution in [-0.2, 0) is 0 Å². The summed E-state index contributed by atoms with van der Waals surface area (Å²) in [4.78, 5) is 0. The van der Waals surface area contributed by atoms with E-state index < -0.39 is 6.17 Å². The lowest BCUT2D eigenvalue weighted by Crippen LogP contribution is -2.31. The summed E-state index contributed by atoms with van der Waals surface area (Å²) in [6.07, 6.45) is 6.82. The van der Waals surface area contributed by atoms with E-state index in [1.54, 1.807) is 12.2 Å². The smallest absolute Gasteiger partial charge is 0.0784 e. The molecule has 0 rings (SSSR count). The van der Waals surface area contributed by atoms with Crippen LogP contribution in [0, 0.1) is 0 Å². The highest BCUT2D eigenvalue weighted by Gasteiger charge is 1.95. The third-order valence-electron chi connectivity index (χ3n) is 1.05. The van der Waals surface area contributed by atoms with Crippen molar-refractivity contribution >= 4 is 0 Å². The van der Waals surface area contributed by atoms with Gasteiger partial charge in [-0.25, -0.2) is 0 Å². The largest absolute Gasteiger partial charge is 0.312 e. The van der Waals surface area contributed by atoms with Crippen LogP contribution in [0.1, 0.15) is 6.92 Å². The normalized spacial score (nSPS) is 13.0. The highest BCUT2D eigenvalue weighted by Crippen LogP contribution is 1.97. The lowest BCUT2D eigenvalue weighted by molar-refractivity contribution is 0.839. The highest BCUT2D eigenvalue weighted by molar-refractivity contribution is 5.26. The fraction of sp³-hybridized carbons (Fsp3) is 0.250. The van der Waals surface area contributed by atoms with Gasteiger partial charge in [-0.2, -0.15) is 0 Å². The first-order chi connectivity index (χ1) is 4.72. The van der Waals surface area contributed by atoms with E-state index in [9.17, 15) is 0 Å². The van der Waals surface area contributed by atoms with E-state index in [1.165, 1.54) is 0 Å². The van der Waals surface area contributed by atoms with Gasteiger partial charge in [0.05, 0.1) is 6.17 Å². The van der Waals surface area contributed by atoms with Crippen molar-refractivity contribution in [3.05, 3.63) is 36.5 Å². The predicted octanol–water partition coefficient (Wildman–Crippen LogP) is 0.918. The second-order valence-corrected chi connectivity index (χ2v) is 1.93. The van der Waals surface area contributed by atoms with Crippen LogP contribution in [0.5, 0.6) is 0 Å². The second kappa shape index (κ2) is 4.97. The molecule has 56 valence electrons. The van der Waals surface area contributed by atoms with Crippen LogP contribution in [0.3, 0.4) is 0 Å². The van der Waals surface area contributed by atoms with Gasteiger partial charge in [-0.05, 0) is 12.5 Å². The van der Waals surface area contributed by atoms with Crippen LogP contribution in [0.4, 0.5) is 0 Å². The zero-order chi connectivity index (χ0) is 7.98. The number of allylic oxidation sites excluding steroid dienone is 3. The molecule has 10 heavy (non-hydrogen) atoms. The minimum atomic E-state index is -0.408. The van der Waals surface area contributed by atoms with Crippen LogP contribution in [0.15, 0.2) is 36.5 Å². The van der Waals surface area contributed by atoms with Crippen molar-refractivity contribution < 1.29 is 0 Å². The first kappa shape index (κ1) is 9.14. The number of nitrogens with two attached hydrogens (primary N) is 2. The molecule has 0 atom stereocenters. The Balaban J connectivity index is 4.25. The maximum Gasteiger partial charge on any atom is 0.0784 e. The van der Waals surface area contributed by atoms with E-state index in [4.69, 9.17) is 11.5 Å². The van der Waals surface area contributed by atoms with E-state index in [0.717, 1.165) is 5.57 Å². The van der Waals surface area contributed by atoms with Crippen molar-refractivity contribution in [1.29, 1.82) is 0 Å². The van der Waals surface area contributed by atoms with Gasteiger partial charge in [-0.3, -0.25) is 0 Å². The molecule has 0 aliphatic carbocycles.